The summed E-state index contributed by atoms with van der Waals surface area (Å²) in [5.41, 5.74) is 1.07. The maximum Gasteiger partial charge on any atom is 0.246 e. The number of nitrogens with zero attached hydrogens (tertiary/aromatic N) is 3. The molecule has 3 aromatic rings. The van der Waals surface area contributed by atoms with Gasteiger partial charge in [0.05, 0.1) is 10.2 Å². The van der Waals surface area contributed by atoms with Gasteiger partial charge in [-0.15, -0.1) is 5.10 Å². The number of rotatable bonds is 3. The molecule has 0 aliphatic rings. The summed E-state index contributed by atoms with van der Waals surface area (Å²) in [6, 6.07) is 11.7. The monoisotopic (exact) mass is 350 g/mol. The van der Waals surface area contributed by atoms with Crippen molar-refractivity contribution in [2.45, 2.75) is 0 Å². The van der Waals surface area contributed by atoms with E-state index >= 15 is 0 Å². The van der Waals surface area contributed by atoms with Crippen LogP contribution in [0.2, 0.25) is 0 Å². The first-order valence-electron chi connectivity index (χ1n) is 6.02. The van der Waals surface area contributed by atoms with Crippen LogP contribution >= 0.6 is 15.9 Å². The van der Waals surface area contributed by atoms with Gasteiger partial charge < -0.3 is 5.32 Å². The molecule has 0 radical (unpaired) electrons. The highest BCUT2D eigenvalue weighted by atomic mass is 79.9. The molecule has 1 N–H and O–H groups in total. The molecule has 4 nitrogen and oxygen atoms in total. The molecule has 0 atom stereocenters. The van der Waals surface area contributed by atoms with E-state index in [1.165, 1.54) is 6.33 Å². The zero-order valence-corrected chi connectivity index (χ0v) is 12.2. The van der Waals surface area contributed by atoms with E-state index in [4.69, 9.17) is 0 Å². The first-order valence-corrected chi connectivity index (χ1v) is 6.81. The first-order chi connectivity index (χ1) is 10.1. The molecule has 7 heteroatoms. The second kappa shape index (κ2) is 5.61. The van der Waals surface area contributed by atoms with Crippen LogP contribution in [0.1, 0.15) is 0 Å². The Morgan fingerprint density at radius 1 is 1.05 bits per heavy atom. The molecule has 0 unspecified atom stereocenters. The van der Waals surface area contributed by atoms with Crippen molar-refractivity contribution >= 4 is 27.6 Å². The third-order valence-electron chi connectivity index (χ3n) is 2.75. The number of hydrogen-bond acceptors (Lipinski definition) is 3. The van der Waals surface area contributed by atoms with Gasteiger partial charge in [0.1, 0.15) is 18.0 Å². The highest BCUT2D eigenvalue weighted by Gasteiger charge is 2.10. The van der Waals surface area contributed by atoms with Crippen LogP contribution in [-0.2, 0) is 0 Å². The Morgan fingerprint density at radius 2 is 1.71 bits per heavy atom. The van der Waals surface area contributed by atoms with Crippen molar-refractivity contribution in [1.29, 1.82) is 0 Å². The lowest BCUT2D eigenvalue weighted by molar-refractivity contribution is 0.573. The molecule has 3 rings (SSSR count). The molecule has 0 aliphatic heterocycles. The SMILES string of the molecule is Fc1cc(Nc2ncn(-c3ccccc3)n2)cc(F)c1Br. The first kappa shape index (κ1) is 13.7. The Morgan fingerprint density at radius 3 is 2.38 bits per heavy atom. The van der Waals surface area contributed by atoms with Crippen molar-refractivity contribution in [3.05, 3.63) is 64.9 Å². The Balaban J connectivity index is 1.85. The highest BCUT2D eigenvalue weighted by Crippen LogP contribution is 2.25. The number of para-hydroxylation sites is 1. The van der Waals surface area contributed by atoms with Gasteiger partial charge in [0.2, 0.25) is 5.95 Å². The molecule has 0 bridgehead atoms. The fourth-order valence-electron chi connectivity index (χ4n) is 1.78. The van der Waals surface area contributed by atoms with Crippen molar-refractivity contribution in [2.75, 3.05) is 5.32 Å². The predicted octanol–water partition coefficient (Wildman–Crippen LogP) is 4.05. The largest absolute Gasteiger partial charge is 0.323 e. The zero-order chi connectivity index (χ0) is 14.8. The molecule has 1 heterocycles. The maximum atomic E-state index is 13.4. The number of aromatic nitrogens is 3. The number of benzene rings is 2. The molecule has 0 fully saturated rings. The van der Waals surface area contributed by atoms with Crippen LogP contribution in [0.5, 0.6) is 0 Å². The Bertz CT molecular complexity index is 751. The lowest BCUT2D eigenvalue weighted by atomic mass is 10.3. The molecule has 0 spiro atoms. The van der Waals surface area contributed by atoms with Gasteiger partial charge in [0, 0.05) is 5.69 Å². The van der Waals surface area contributed by atoms with Crippen molar-refractivity contribution in [2.24, 2.45) is 0 Å². The van der Waals surface area contributed by atoms with Gasteiger partial charge in [-0.05, 0) is 40.2 Å². The van der Waals surface area contributed by atoms with E-state index in [9.17, 15) is 8.78 Å². The molecular formula is C14H9BrF2N4. The molecule has 0 aliphatic carbocycles. The summed E-state index contributed by atoms with van der Waals surface area (Å²) >= 11 is 2.82. The topological polar surface area (TPSA) is 42.7 Å². The quantitative estimate of drug-likeness (QED) is 0.724. The summed E-state index contributed by atoms with van der Waals surface area (Å²) in [5.74, 6) is -1.14. The zero-order valence-electron chi connectivity index (χ0n) is 10.6. The molecule has 1 aromatic heterocycles. The third-order valence-corrected chi connectivity index (χ3v) is 3.51. The van der Waals surface area contributed by atoms with Crippen molar-refractivity contribution in [3.8, 4) is 5.69 Å². The van der Waals surface area contributed by atoms with E-state index in [1.807, 2.05) is 30.3 Å². The van der Waals surface area contributed by atoms with Crippen LogP contribution in [-0.4, -0.2) is 14.8 Å². The van der Waals surface area contributed by atoms with E-state index in [0.29, 0.717) is 0 Å². The lowest BCUT2D eigenvalue weighted by Crippen LogP contribution is -1.98. The average Bonchev–Trinajstić information content (AvgIpc) is 2.94. The van der Waals surface area contributed by atoms with Gasteiger partial charge >= 0.3 is 0 Å². The molecule has 0 saturated heterocycles. The average molecular weight is 351 g/mol. The van der Waals surface area contributed by atoms with Crippen LogP contribution in [0.15, 0.2) is 53.3 Å². The number of halogens is 3. The van der Waals surface area contributed by atoms with E-state index in [1.54, 1.807) is 4.68 Å². The summed E-state index contributed by atoms with van der Waals surface area (Å²) in [4.78, 5) is 4.05. The maximum absolute atomic E-state index is 13.4. The summed E-state index contributed by atoms with van der Waals surface area (Å²) in [6.45, 7) is 0. The van der Waals surface area contributed by atoms with E-state index < -0.39 is 11.6 Å². The van der Waals surface area contributed by atoms with Crippen molar-refractivity contribution in [3.63, 3.8) is 0 Å². The van der Waals surface area contributed by atoms with Crippen molar-refractivity contribution < 1.29 is 8.78 Å². The minimum absolute atomic E-state index is 0.198. The van der Waals surface area contributed by atoms with Crippen molar-refractivity contribution in [1.82, 2.24) is 14.8 Å². The smallest absolute Gasteiger partial charge is 0.246 e. The molecule has 2 aromatic carbocycles. The Labute approximate surface area is 127 Å². The lowest BCUT2D eigenvalue weighted by Gasteiger charge is -2.04. The van der Waals surface area contributed by atoms with E-state index in [-0.39, 0.29) is 16.1 Å². The van der Waals surface area contributed by atoms with Gasteiger partial charge in [-0.25, -0.2) is 13.5 Å². The van der Waals surface area contributed by atoms with Gasteiger partial charge in [0.15, 0.2) is 0 Å². The van der Waals surface area contributed by atoms with Crippen LogP contribution in [0.3, 0.4) is 0 Å². The summed E-state index contributed by atoms with van der Waals surface area (Å²) < 4.78 is 28.2. The molecular weight excluding hydrogens is 342 g/mol. The fraction of sp³-hybridized carbons (Fsp3) is 0. The van der Waals surface area contributed by atoms with Crippen LogP contribution in [0.4, 0.5) is 20.4 Å². The van der Waals surface area contributed by atoms with Gasteiger partial charge in [-0.2, -0.15) is 4.98 Å². The summed E-state index contributed by atoms with van der Waals surface area (Å²) in [6.07, 6.45) is 1.52. The Hall–Kier alpha value is -2.28. The third kappa shape index (κ3) is 2.92. The van der Waals surface area contributed by atoms with Crippen LogP contribution in [0, 0.1) is 11.6 Å². The van der Waals surface area contributed by atoms with Gasteiger partial charge in [-0.1, -0.05) is 18.2 Å². The molecule has 0 amide bonds. The number of hydrogen-bond donors (Lipinski definition) is 1. The minimum Gasteiger partial charge on any atom is -0.323 e. The number of anilines is 2. The second-order valence-electron chi connectivity index (χ2n) is 4.23. The number of nitrogens with one attached hydrogen (secondary N) is 1. The predicted molar refractivity (Wildman–Crippen MR) is 78.7 cm³/mol. The molecule has 21 heavy (non-hydrogen) atoms. The minimum atomic E-state index is -0.694. The van der Waals surface area contributed by atoms with Gasteiger partial charge in [0.25, 0.3) is 0 Å². The van der Waals surface area contributed by atoms with E-state index in [0.717, 1.165) is 17.8 Å². The highest BCUT2D eigenvalue weighted by molar-refractivity contribution is 9.10. The standard InChI is InChI=1S/C14H9BrF2N4/c15-13-11(16)6-9(7-12(13)17)19-14-18-8-21(20-14)10-4-2-1-3-5-10/h1-8H,(H,19,20). The molecule has 0 saturated carbocycles. The summed E-state index contributed by atoms with van der Waals surface area (Å²) in [7, 11) is 0. The summed E-state index contributed by atoms with van der Waals surface area (Å²) in [5, 5.41) is 6.95. The van der Waals surface area contributed by atoms with Gasteiger partial charge in [-0.3, -0.25) is 0 Å². The second-order valence-corrected chi connectivity index (χ2v) is 5.02. The van der Waals surface area contributed by atoms with E-state index in [2.05, 4.69) is 31.3 Å². The fourth-order valence-corrected chi connectivity index (χ4v) is 2.01. The Kier molecular flexibility index (Phi) is 3.66. The molecule has 106 valence electrons. The normalized spacial score (nSPS) is 10.6. The van der Waals surface area contributed by atoms with Crippen LogP contribution in [0.25, 0.3) is 5.69 Å². The van der Waals surface area contributed by atoms with Crippen LogP contribution < -0.4 is 5.32 Å².